The van der Waals surface area contributed by atoms with Crippen LogP contribution in [0.25, 0.3) is 10.6 Å². The molecular weight excluding hydrogens is 389 g/mol. The van der Waals surface area contributed by atoms with E-state index in [1.807, 2.05) is 0 Å². The van der Waals surface area contributed by atoms with Crippen molar-refractivity contribution in [1.82, 2.24) is 10.2 Å². The first-order valence-corrected chi connectivity index (χ1v) is 8.69. The molecule has 136 valence electrons. The van der Waals surface area contributed by atoms with Gasteiger partial charge < -0.3 is 10.2 Å². The first kappa shape index (κ1) is 20.5. The molecule has 0 aromatic carbocycles. The fraction of sp³-hybridized carbons (Fsp3) is 0.167. The second-order valence-corrected chi connectivity index (χ2v) is 7.42. The van der Waals surface area contributed by atoms with Crippen LogP contribution in [0, 0.1) is 0 Å². The summed E-state index contributed by atoms with van der Waals surface area (Å²) in [6, 6.07) is 4.39. The standard InChI is InChI=1S/C10H8N2O4S2.C2HF3O2/c1-18(15,16)6-4-7(12-11-5-6)8-2-3-9(17-8)10(13)14;3-2(4,5)1(6)7/h2-5H,1H3,(H,13,14);(H,6,7). The average molecular weight is 398 g/mol. The van der Waals surface area contributed by atoms with Crippen molar-refractivity contribution in [3.05, 3.63) is 29.3 Å². The van der Waals surface area contributed by atoms with E-state index in [0.29, 0.717) is 10.6 Å². The fourth-order valence-electron chi connectivity index (χ4n) is 1.26. The van der Waals surface area contributed by atoms with Gasteiger partial charge in [-0.25, -0.2) is 18.0 Å². The maximum Gasteiger partial charge on any atom is 0.490 e. The van der Waals surface area contributed by atoms with E-state index >= 15 is 0 Å². The van der Waals surface area contributed by atoms with Gasteiger partial charge in [0.15, 0.2) is 9.84 Å². The van der Waals surface area contributed by atoms with Gasteiger partial charge in [-0.1, -0.05) is 0 Å². The van der Waals surface area contributed by atoms with Crippen LogP contribution in [0.15, 0.2) is 29.3 Å². The highest BCUT2D eigenvalue weighted by atomic mass is 32.2. The Hall–Kier alpha value is -2.54. The van der Waals surface area contributed by atoms with Gasteiger partial charge in [0.1, 0.15) is 10.6 Å². The first-order valence-electron chi connectivity index (χ1n) is 5.98. The minimum atomic E-state index is -5.08. The van der Waals surface area contributed by atoms with E-state index in [2.05, 4.69) is 10.2 Å². The molecule has 2 aromatic heterocycles. The van der Waals surface area contributed by atoms with Gasteiger partial charge >= 0.3 is 18.1 Å². The molecule has 0 saturated carbocycles. The van der Waals surface area contributed by atoms with Crippen molar-refractivity contribution in [3.8, 4) is 10.6 Å². The van der Waals surface area contributed by atoms with E-state index < -0.39 is 28.0 Å². The molecule has 2 N–H and O–H groups in total. The molecule has 0 fully saturated rings. The van der Waals surface area contributed by atoms with Crippen molar-refractivity contribution in [1.29, 1.82) is 0 Å². The van der Waals surface area contributed by atoms with Crippen molar-refractivity contribution in [2.45, 2.75) is 11.1 Å². The normalized spacial score (nSPS) is 11.4. The van der Waals surface area contributed by atoms with Crippen molar-refractivity contribution in [2.75, 3.05) is 6.26 Å². The summed E-state index contributed by atoms with van der Waals surface area (Å²) >= 11 is 1.02. The third-order valence-corrected chi connectivity index (χ3v) is 4.54. The third kappa shape index (κ3) is 6.11. The van der Waals surface area contributed by atoms with Crippen molar-refractivity contribution >= 4 is 33.1 Å². The minimum Gasteiger partial charge on any atom is -0.477 e. The molecule has 2 aromatic rings. The Morgan fingerprint density at radius 2 is 1.76 bits per heavy atom. The lowest BCUT2D eigenvalue weighted by Gasteiger charge is -1.99. The Morgan fingerprint density at radius 3 is 2.16 bits per heavy atom. The zero-order valence-electron chi connectivity index (χ0n) is 12.2. The lowest BCUT2D eigenvalue weighted by Crippen LogP contribution is -2.21. The largest absolute Gasteiger partial charge is 0.490 e. The summed E-state index contributed by atoms with van der Waals surface area (Å²) < 4.78 is 54.5. The number of aromatic carboxylic acids is 1. The van der Waals surface area contributed by atoms with Gasteiger partial charge in [-0.15, -0.1) is 16.4 Å². The molecule has 0 aliphatic carbocycles. The lowest BCUT2D eigenvalue weighted by atomic mass is 10.3. The summed E-state index contributed by atoms with van der Waals surface area (Å²) in [6.07, 6.45) is -2.85. The summed E-state index contributed by atoms with van der Waals surface area (Å²) in [4.78, 5) is 20.4. The number of carboxylic acid groups (broad SMARTS) is 2. The summed E-state index contributed by atoms with van der Waals surface area (Å²) in [5.74, 6) is -3.79. The van der Waals surface area contributed by atoms with Gasteiger partial charge in [-0.2, -0.15) is 18.3 Å². The quantitative estimate of drug-likeness (QED) is 0.801. The molecule has 0 radical (unpaired) electrons. The van der Waals surface area contributed by atoms with Gasteiger partial charge in [0.25, 0.3) is 0 Å². The first-order chi connectivity index (χ1) is 11.3. The average Bonchev–Trinajstić information content (AvgIpc) is 2.96. The maximum atomic E-state index is 11.4. The Bertz CT molecular complexity index is 892. The highest BCUT2D eigenvalue weighted by Crippen LogP contribution is 2.27. The predicted octanol–water partition coefficient (Wildman–Crippen LogP) is 1.94. The second-order valence-electron chi connectivity index (χ2n) is 4.32. The monoisotopic (exact) mass is 398 g/mol. The Labute approximate surface area is 142 Å². The Balaban J connectivity index is 0.000000381. The van der Waals surface area contributed by atoms with Crippen LogP contribution < -0.4 is 0 Å². The lowest BCUT2D eigenvalue weighted by molar-refractivity contribution is -0.192. The third-order valence-electron chi connectivity index (χ3n) is 2.37. The molecule has 0 saturated heterocycles. The second kappa shape index (κ2) is 7.57. The number of nitrogens with zero attached hydrogens (tertiary/aromatic N) is 2. The summed E-state index contributed by atoms with van der Waals surface area (Å²) in [6.45, 7) is 0. The van der Waals surface area contributed by atoms with Gasteiger partial charge in [-0.05, 0) is 18.2 Å². The van der Waals surface area contributed by atoms with E-state index in [0.717, 1.165) is 23.8 Å². The molecule has 0 unspecified atom stereocenters. The molecular formula is C12H9F3N2O6S2. The molecule has 25 heavy (non-hydrogen) atoms. The molecule has 2 heterocycles. The molecule has 8 nitrogen and oxygen atoms in total. The Kier molecular flexibility index (Phi) is 6.20. The van der Waals surface area contributed by atoms with Crippen LogP contribution in [-0.2, 0) is 14.6 Å². The summed E-state index contributed by atoms with van der Waals surface area (Å²) in [5, 5.41) is 23.3. The fourth-order valence-corrected chi connectivity index (χ4v) is 2.63. The van der Waals surface area contributed by atoms with E-state index in [1.165, 1.54) is 12.1 Å². The number of rotatable bonds is 3. The number of hydrogen-bond donors (Lipinski definition) is 2. The van der Waals surface area contributed by atoms with Crippen LogP contribution >= 0.6 is 11.3 Å². The molecule has 0 aliphatic rings. The molecule has 0 spiro atoms. The van der Waals surface area contributed by atoms with Crippen molar-refractivity contribution < 1.29 is 41.4 Å². The predicted molar refractivity (Wildman–Crippen MR) is 79.1 cm³/mol. The number of thiophene rings is 1. The van der Waals surface area contributed by atoms with Gasteiger partial charge in [0, 0.05) is 6.26 Å². The minimum absolute atomic E-state index is 0.0535. The van der Waals surface area contributed by atoms with E-state index in [9.17, 15) is 26.4 Å². The van der Waals surface area contributed by atoms with E-state index in [1.54, 1.807) is 6.07 Å². The van der Waals surface area contributed by atoms with Crippen molar-refractivity contribution in [3.63, 3.8) is 0 Å². The topological polar surface area (TPSA) is 135 Å². The van der Waals surface area contributed by atoms with Crippen LogP contribution in [-0.4, -0.2) is 53.2 Å². The maximum absolute atomic E-state index is 11.4. The van der Waals surface area contributed by atoms with Gasteiger partial charge in [0.05, 0.1) is 16.0 Å². The van der Waals surface area contributed by atoms with Gasteiger partial charge in [-0.3, -0.25) is 0 Å². The van der Waals surface area contributed by atoms with E-state index in [4.69, 9.17) is 15.0 Å². The molecule has 0 atom stereocenters. The summed E-state index contributed by atoms with van der Waals surface area (Å²) in [5.41, 5.74) is 0.343. The zero-order valence-corrected chi connectivity index (χ0v) is 13.8. The number of halogens is 3. The zero-order chi connectivity index (χ0) is 19.4. The SMILES string of the molecule is CS(=O)(=O)c1cnnc(-c2ccc(C(=O)O)s2)c1.O=C(O)C(F)(F)F. The molecule has 0 amide bonds. The molecule has 13 heteroatoms. The highest BCUT2D eigenvalue weighted by molar-refractivity contribution is 7.90. The smallest absolute Gasteiger partial charge is 0.477 e. The number of sulfone groups is 1. The number of carboxylic acids is 2. The number of aromatic nitrogens is 2. The number of alkyl halides is 3. The number of carbonyl (C=O) groups is 2. The molecule has 2 rings (SSSR count). The van der Waals surface area contributed by atoms with Crippen LogP contribution in [0.2, 0.25) is 0 Å². The number of aliphatic carboxylic acids is 1. The van der Waals surface area contributed by atoms with Crippen LogP contribution in [0.5, 0.6) is 0 Å². The number of hydrogen-bond acceptors (Lipinski definition) is 7. The van der Waals surface area contributed by atoms with Crippen LogP contribution in [0.3, 0.4) is 0 Å². The Morgan fingerprint density at radius 1 is 1.20 bits per heavy atom. The summed E-state index contributed by atoms with van der Waals surface area (Å²) in [7, 11) is -3.36. The van der Waals surface area contributed by atoms with E-state index in [-0.39, 0.29) is 9.77 Å². The van der Waals surface area contributed by atoms with Crippen molar-refractivity contribution in [2.24, 2.45) is 0 Å². The molecule has 0 bridgehead atoms. The van der Waals surface area contributed by atoms with Crippen LogP contribution in [0.1, 0.15) is 9.67 Å². The molecule has 0 aliphatic heterocycles. The highest BCUT2D eigenvalue weighted by Gasteiger charge is 2.38. The van der Waals surface area contributed by atoms with Gasteiger partial charge in [0.2, 0.25) is 0 Å². The van der Waals surface area contributed by atoms with Crippen LogP contribution in [0.4, 0.5) is 13.2 Å².